The first-order valence-electron chi connectivity index (χ1n) is 6.90. The molecule has 7 heteroatoms. The molecule has 0 radical (unpaired) electrons. The van der Waals surface area contributed by atoms with Crippen molar-refractivity contribution in [3.8, 4) is 0 Å². The third-order valence-corrected chi connectivity index (χ3v) is 3.51. The Bertz CT molecular complexity index is 508. The summed E-state index contributed by atoms with van der Waals surface area (Å²) in [5.41, 5.74) is 6.09. The number of unbranched alkanes of at least 4 members (excludes halogenated alkanes) is 1. The highest BCUT2D eigenvalue weighted by Gasteiger charge is 2.14. The van der Waals surface area contributed by atoms with E-state index in [1.165, 1.54) is 18.2 Å². The monoisotopic (exact) mass is 313 g/mol. The van der Waals surface area contributed by atoms with Crippen LogP contribution < -0.4 is 11.1 Å². The molecule has 0 spiro atoms. The molecule has 6 nitrogen and oxygen atoms in total. The molecule has 0 bridgehead atoms. The molecular weight excluding hydrogens is 294 g/mol. The van der Waals surface area contributed by atoms with E-state index in [9.17, 15) is 14.9 Å². The Morgan fingerprint density at radius 3 is 2.76 bits per heavy atom. The van der Waals surface area contributed by atoms with Crippen LogP contribution in [0.2, 0.25) is 5.02 Å². The Hall–Kier alpha value is -1.66. The van der Waals surface area contributed by atoms with E-state index in [2.05, 4.69) is 12.2 Å². The number of nitro groups is 1. The van der Waals surface area contributed by atoms with Gasteiger partial charge in [-0.3, -0.25) is 14.9 Å². The van der Waals surface area contributed by atoms with E-state index in [4.69, 9.17) is 17.3 Å². The van der Waals surface area contributed by atoms with Crippen molar-refractivity contribution in [3.05, 3.63) is 38.9 Å². The summed E-state index contributed by atoms with van der Waals surface area (Å²) in [6.07, 6.45) is 2.97. The van der Waals surface area contributed by atoms with Gasteiger partial charge in [0.1, 0.15) is 0 Å². The summed E-state index contributed by atoms with van der Waals surface area (Å²) in [6, 6.07) is 4.05. The Kier molecular flexibility index (Phi) is 7.11. The Morgan fingerprint density at radius 2 is 2.24 bits per heavy atom. The normalized spacial score (nSPS) is 12.0. The molecular formula is C14H20ClN3O3. The highest BCUT2D eigenvalue weighted by molar-refractivity contribution is 6.31. The summed E-state index contributed by atoms with van der Waals surface area (Å²) in [5, 5.41) is 13.7. The zero-order valence-electron chi connectivity index (χ0n) is 12.0. The van der Waals surface area contributed by atoms with Gasteiger partial charge in [0, 0.05) is 24.7 Å². The number of carbonyl (C=O) groups is 1. The molecule has 116 valence electrons. The maximum atomic E-state index is 12.0. The number of halogens is 1. The average molecular weight is 314 g/mol. The van der Waals surface area contributed by atoms with E-state index in [-0.39, 0.29) is 29.1 Å². The molecule has 1 aromatic carbocycles. The number of nitrogens with zero attached hydrogens (tertiary/aromatic N) is 1. The molecule has 1 aromatic rings. The van der Waals surface area contributed by atoms with Crippen molar-refractivity contribution in [2.24, 2.45) is 5.73 Å². The van der Waals surface area contributed by atoms with Crippen molar-refractivity contribution in [1.82, 2.24) is 5.32 Å². The van der Waals surface area contributed by atoms with E-state index in [0.717, 1.165) is 19.3 Å². The van der Waals surface area contributed by atoms with Gasteiger partial charge in [0.05, 0.1) is 16.4 Å². The SMILES string of the molecule is CCCCC(CN)NC(=O)Cc1ccc([N+](=O)[O-])cc1Cl. The van der Waals surface area contributed by atoms with Gasteiger partial charge in [-0.1, -0.05) is 37.4 Å². The molecule has 0 heterocycles. The molecule has 0 aliphatic rings. The molecule has 1 atom stereocenters. The van der Waals surface area contributed by atoms with Crippen LogP contribution in [0.4, 0.5) is 5.69 Å². The zero-order valence-corrected chi connectivity index (χ0v) is 12.7. The predicted molar refractivity (Wildman–Crippen MR) is 82.3 cm³/mol. The third-order valence-electron chi connectivity index (χ3n) is 3.15. The number of nitro benzene ring substituents is 1. The summed E-state index contributed by atoms with van der Waals surface area (Å²) in [4.78, 5) is 22.1. The summed E-state index contributed by atoms with van der Waals surface area (Å²) in [5.74, 6) is -0.183. The first-order chi connectivity index (χ1) is 9.97. The van der Waals surface area contributed by atoms with Gasteiger partial charge in [0.2, 0.25) is 5.91 Å². The number of hydrogen-bond acceptors (Lipinski definition) is 4. The molecule has 0 saturated heterocycles. The lowest BCUT2D eigenvalue weighted by atomic mass is 10.1. The van der Waals surface area contributed by atoms with E-state index in [0.29, 0.717) is 12.1 Å². The van der Waals surface area contributed by atoms with Gasteiger partial charge in [0.15, 0.2) is 0 Å². The summed E-state index contributed by atoms with van der Waals surface area (Å²) in [7, 11) is 0. The van der Waals surface area contributed by atoms with Gasteiger partial charge in [-0.2, -0.15) is 0 Å². The molecule has 1 rings (SSSR count). The molecule has 0 aliphatic carbocycles. The molecule has 0 aromatic heterocycles. The van der Waals surface area contributed by atoms with Crippen LogP contribution in [-0.2, 0) is 11.2 Å². The van der Waals surface area contributed by atoms with Crippen molar-refractivity contribution in [2.45, 2.75) is 38.6 Å². The van der Waals surface area contributed by atoms with Crippen molar-refractivity contribution in [1.29, 1.82) is 0 Å². The lowest BCUT2D eigenvalue weighted by Gasteiger charge is -2.16. The second-order valence-electron chi connectivity index (χ2n) is 4.85. The van der Waals surface area contributed by atoms with Gasteiger partial charge in [-0.25, -0.2) is 0 Å². The van der Waals surface area contributed by atoms with E-state index in [1.807, 2.05) is 0 Å². The smallest absolute Gasteiger partial charge is 0.270 e. The van der Waals surface area contributed by atoms with Gasteiger partial charge in [-0.15, -0.1) is 0 Å². The van der Waals surface area contributed by atoms with Crippen molar-refractivity contribution < 1.29 is 9.72 Å². The second kappa shape index (κ2) is 8.59. The van der Waals surface area contributed by atoms with Crippen LogP contribution in [0.15, 0.2) is 18.2 Å². The lowest BCUT2D eigenvalue weighted by Crippen LogP contribution is -2.40. The second-order valence-corrected chi connectivity index (χ2v) is 5.26. The first kappa shape index (κ1) is 17.4. The van der Waals surface area contributed by atoms with Gasteiger partial charge in [-0.05, 0) is 12.0 Å². The van der Waals surface area contributed by atoms with Crippen LogP contribution >= 0.6 is 11.6 Å². The molecule has 0 aliphatic heterocycles. The Morgan fingerprint density at radius 1 is 1.52 bits per heavy atom. The number of non-ortho nitro benzene ring substituents is 1. The molecule has 0 fully saturated rings. The highest BCUT2D eigenvalue weighted by Crippen LogP contribution is 2.22. The summed E-state index contributed by atoms with van der Waals surface area (Å²) >= 11 is 5.96. The molecule has 21 heavy (non-hydrogen) atoms. The maximum Gasteiger partial charge on any atom is 0.270 e. The van der Waals surface area contributed by atoms with E-state index >= 15 is 0 Å². The number of nitrogens with two attached hydrogens (primary N) is 1. The minimum Gasteiger partial charge on any atom is -0.352 e. The summed E-state index contributed by atoms with van der Waals surface area (Å²) in [6.45, 7) is 2.46. The molecule has 1 amide bonds. The van der Waals surface area contributed by atoms with Crippen molar-refractivity contribution in [3.63, 3.8) is 0 Å². The van der Waals surface area contributed by atoms with Crippen molar-refractivity contribution >= 4 is 23.2 Å². The number of carbonyl (C=O) groups excluding carboxylic acids is 1. The average Bonchev–Trinajstić information content (AvgIpc) is 2.45. The number of benzene rings is 1. The molecule has 1 unspecified atom stereocenters. The Balaban J connectivity index is 2.64. The summed E-state index contributed by atoms with van der Waals surface area (Å²) < 4.78 is 0. The van der Waals surface area contributed by atoms with Crippen LogP contribution in [-0.4, -0.2) is 23.4 Å². The van der Waals surface area contributed by atoms with Gasteiger partial charge >= 0.3 is 0 Å². The number of hydrogen-bond donors (Lipinski definition) is 2. The zero-order chi connectivity index (χ0) is 15.8. The highest BCUT2D eigenvalue weighted by atomic mass is 35.5. The van der Waals surface area contributed by atoms with Crippen LogP contribution in [0.5, 0.6) is 0 Å². The van der Waals surface area contributed by atoms with Gasteiger partial charge < -0.3 is 11.1 Å². The fraction of sp³-hybridized carbons (Fsp3) is 0.500. The fourth-order valence-electron chi connectivity index (χ4n) is 1.94. The number of rotatable bonds is 8. The Labute approximate surface area is 128 Å². The third kappa shape index (κ3) is 5.69. The predicted octanol–water partition coefficient (Wildman–Crippen LogP) is 2.42. The van der Waals surface area contributed by atoms with Gasteiger partial charge in [0.25, 0.3) is 5.69 Å². The first-order valence-corrected chi connectivity index (χ1v) is 7.28. The molecule has 0 saturated carbocycles. The largest absolute Gasteiger partial charge is 0.352 e. The fourth-order valence-corrected chi connectivity index (χ4v) is 2.19. The molecule has 3 N–H and O–H groups in total. The van der Waals surface area contributed by atoms with E-state index < -0.39 is 4.92 Å². The minimum atomic E-state index is -0.523. The van der Waals surface area contributed by atoms with Crippen LogP contribution in [0.25, 0.3) is 0 Å². The lowest BCUT2D eigenvalue weighted by molar-refractivity contribution is -0.384. The standard InChI is InChI=1S/C14H20ClN3O3/c1-2-3-4-11(9-16)17-14(19)7-10-5-6-12(18(20)21)8-13(10)15/h5-6,8,11H,2-4,7,9,16H2,1H3,(H,17,19). The minimum absolute atomic E-state index is 0.0470. The number of nitrogens with one attached hydrogen (secondary N) is 1. The van der Waals surface area contributed by atoms with Crippen LogP contribution in [0.3, 0.4) is 0 Å². The van der Waals surface area contributed by atoms with Crippen molar-refractivity contribution in [2.75, 3.05) is 6.54 Å². The number of amides is 1. The quantitative estimate of drug-likeness (QED) is 0.568. The maximum absolute atomic E-state index is 12.0. The van der Waals surface area contributed by atoms with E-state index in [1.54, 1.807) is 0 Å². The van der Waals surface area contributed by atoms with Crippen LogP contribution in [0, 0.1) is 10.1 Å². The topological polar surface area (TPSA) is 98.3 Å². The van der Waals surface area contributed by atoms with Crippen LogP contribution in [0.1, 0.15) is 31.7 Å².